The van der Waals surface area contributed by atoms with Crippen LogP contribution in [0.3, 0.4) is 0 Å². The maximum Gasteiger partial charge on any atom is 0.193 e. The second kappa shape index (κ2) is 7.76. The van der Waals surface area contributed by atoms with E-state index in [2.05, 4.69) is 30.7 Å². The molecule has 24 heavy (non-hydrogen) atoms. The molecule has 0 saturated carbocycles. The number of aliphatic imine (C=N–C) groups is 1. The van der Waals surface area contributed by atoms with Gasteiger partial charge in [0.15, 0.2) is 5.96 Å². The molecule has 2 aromatic heterocycles. The monoisotopic (exact) mass is 348 g/mol. The second-order valence-electron chi connectivity index (χ2n) is 5.83. The molecule has 1 aliphatic rings. The standard InChI is InChI=1S/C16H24N6OS/c1-12-20-14(11-24-12)4-5-18-16(17-2)22-6-7-23-15(10-22)13-8-19-21(3)9-13/h8-9,11,15H,4-7,10H2,1-3H3,(H,17,18). The van der Waals surface area contributed by atoms with Crippen LogP contribution in [0.5, 0.6) is 0 Å². The van der Waals surface area contributed by atoms with E-state index in [1.165, 1.54) is 0 Å². The van der Waals surface area contributed by atoms with Crippen LogP contribution in [0.2, 0.25) is 0 Å². The highest BCUT2D eigenvalue weighted by molar-refractivity contribution is 7.09. The molecule has 0 amide bonds. The molecule has 0 radical (unpaired) electrons. The number of nitrogens with one attached hydrogen (secondary N) is 1. The van der Waals surface area contributed by atoms with Crippen LogP contribution in [-0.2, 0) is 18.2 Å². The quantitative estimate of drug-likeness (QED) is 0.668. The number of guanidine groups is 1. The Kier molecular flexibility index (Phi) is 5.47. The lowest BCUT2D eigenvalue weighted by Crippen LogP contribution is -2.48. The molecule has 0 aliphatic carbocycles. The van der Waals surface area contributed by atoms with Crippen LogP contribution in [0.15, 0.2) is 22.8 Å². The molecule has 0 spiro atoms. The summed E-state index contributed by atoms with van der Waals surface area (Å²) in [5, 5.41) is 10.9. The Balaban J connectivity index is 1.54. The minimum absolute atomic E-state index is 0.0344. The highest BCUT2D eigenvalue weighted by atomic mass is 32.1. The fraction of sp³-hybridized carbons (Fsp3) is 0.562. The normalized spacial score (nSPS) is 18.9. The van der Waals surface area contributed by atoms with Gasteiger partial charge in [0, 0.05) is 50.7 Å². The summed E-state index contributed by atoms with van der Waals surface area (Å²) >= 11 is 1.69. The van der Waals surface area contributed by atoms with Crippen LogP contribution in [0.25, 0.3) is 0 Å². The summed E-state index contributed by atoms with van der Waals surface area (Å²) in [5.41, 5.74) is 2.24. The molecule has 1 unspecified atom stereocenters. The number of thiazole rings is 1. The molecule has 0 aromatic carbocycles. The molecule has 3 heterocycles. The smallest absolute Gasteiger partial charge is 0.193 e. The summed E-state index contributed by atoms with van der Waals surface area (Å²) in [6.45, 7) is 5.16. The third kappa shape index (κ3) is 4.12. The summed E-state index contributed by atoms with van der Waals surface area (Å²) < 4.78 is 7.70. The first kappa shape index (κ1) is 16.9. The SMILES string of the molecule is CN=C(NCCc1csc(C)n1)N1CCOC(c2cnn(C)c2)C1. The van der Waals surface area contributed by atoms with Crippen molar-refractivity contribution < 1.29 is 4.74 Å². The molecule has 7 nitrogen and oxygen atoms in total. The Labute approximate surface area is 146 Å². The second-order valence-corrected chi connectivity index (χ2v) is 6.90. The van der Waals surface area contributed by atoms with Crippen molar-refractivity contribution in [3.8, 4) is 0 Å². The number of hydrogen-bond acceptors (Lipinski definition) is 5. The fourth-order valence-corrected chi connectivity index (χ4v) is 3.45. The van der Waals surface area contributed by atoms with Crippen molar-refractivity contribution in [2.75, 3.05) is 33.3 Å². The van der Waals surface area contributed by atoms with E-state index in [0.717, 1.165) is 48.3 Å². The van der Waals surface area contributed by atoms with Gasteiger partial charge in [-0.15, -0.1) is 11.3 Å². The van der Waals surface area contributed by atoms with Crippen LogP contribution in [-0.4, -0.2) is 58.9 Å². The molecule has 2 aromatic rings. The maximum absolute atomic E-state index is 5.89. The number of ether oxygens (including phenoxy) is 1. The summed E-state index contributed by atoms with van der Waals surface area (Å²) in [4.78, 5) is 11.2. The molecule has 1 fully saturated rings. The first-order valence-corrected chi connectivity index (χ1v) is 9.00. The number of hydrogen-bond donors (Lipinski definition) is 1. The lowest BCUT2D eigenvalue weighted by molar-refractivity contribution is -0.00801. The summed E-state index contributed by atoms with van der Waals surface area (Å²) in [5.74, 6) is 0.916. The summed E-state index contributed by atoms with van der Waals surface area (Å²) in [7, 11) is 3.74. The van der Waals surface area contributed by atoms with Gasteiger partial charge in [-0.2, -0.15) is 5.10 Å². The van der Waals surface area contributed by atoms with E-state index in [-0.39, 0.29) is 6.10 Å². The van der Waals surface area contributed by atoms with Crippen LogP contribution in [0, 0.1) is 6.92 Å². The largest absolute Gasteiger partial charge is 0.370 e. The highest BCUT2D eigenvalue weighted by Crippen LogP contribution is 2.21. The zero-order valence-electron chi connectivity index (χ0n) is 14.4. The molecule has 3 rings (SSSR count). The number of nitrogens with zero attached hydrogens (tertiary/aromatic N) is 5. The number of morpholine rings is 1. The molecule has 1 aliphatic heterocycles. The fourth-order valence-electron chi connectivity index (χ4n) is 2.81. The van der Waals surface area contributed by atoms with Gasteiger partial charge in [-0.05, 0) is 6.92 Å². The van der Waals surface area contributed by atoms with Crippen molar-refractivity contribution in [1.82, 2.24) is 25.0 Å². The van der Waals surface area contributed by atoms with Crippen LogP contribution < -0.4 is 5.32 Å². The summed E-state index contributed by atoms with van der Waals surface area (Å²) in [6.07, 6.45) is 4.82. The van der Waals surface area contributed by atoms with Crippen LogP contribution in [0.1, 0.15) is 22.4 Å². The van der Waals surface area contributed by atoms with E-state index >= 15 is 0 Å². The van der Waals surface area contributed by atoms with Crippen molar-refractivity contribution in [2.24, 2.45) is 12.0 Å². The predicted octanol–water partition coefficient (Wildman–Crippen LogP) is 1.38. The molecule has 130 valence electrons. The Morgan fingerprint density at radius 2 is 2.42 bits per heavy atom. The predicted molar refractivity (Wildman–Crippen MR) is 95.4 cm³/mol. The minimum atomic E-state index is 0.0344. The van der Waals surface area contributed by atoms with Gasteiger partial charge in [0.05, 0.1) is 30.1 Å². The van der Waals surface area contributed by atoms with Gasteiger partial charge in [0.2, 0.25) is 0 Å². The van der Waals surface area contributed by atoms with Crippen molar-refractivity contribution in [1.29, 1.82) is 0 Å². The van der Waals surface area contributed by atoms with Gasteiger partial charge >= 0.3 is 0 Å². The van der Waals surface area contributed by atoms with Gasteiger partial charge in [-0.3, -0.25) is 9.67 Å². The van der Waals surface area contributed by atoms with Gasteiger partial charge < -0.3 is 15.0 Å². The maximum atomic E-state index is 5.89. The van der Waals surface area contributed by atoms with E-state index in [4.69, 9.17) is 4.74 Å². The topological polar surface area (TPSA) is 67.6 Å². The average Bonchev–Trinajstić information content (AvgIpc) is 3.20. The molecular weight excluding hydrogens is 324 g/mol. The third-order valence-electron chi connectivity index (χ3n) is 4.01. The summed E-state index contributed by atoms with van der Waals surface area (Å²) in [6, 6.07) is 0. The zero-order valence-corrected chi connectivity index (χ0v) is 15.2. The van der Waals surface area contributed by atoms with Gasteiger partial charge in [0.25, 0.3) is 0 Å². The third-order valence-corrected chi connectivity index (χ3v) is 4.83. The molecule has 1 atom stereocenters. The van der Waals surface area contributed by atoms with Gasteiger partial charge in [-0.25, -0.2) is 4.98 Å². The average molecular weight is 348 g/mol. The molecule has 0 bridgehead atoms. The lowest BCUT2D eigenvalue weighted by atomic mass is 10.1. The first-order valence-electron chi connectivity index (χ1n) is 8.12. The molecule has 1 saturated heterocycles. The lowest BCUT2D eigenvalue weighted by Gasteiger charge is -2.34. The van der Waals surface area contributed by atoms with E-state index in [1.54, 1.807) is 16.0 Å². The van der Waals surface area contributed by atoms with Crippen molar-refractivity contribution in [2.45, 2.75) is 19.4 Å². The molecular formula is C16H24N6OS. The van der Waals surface area contributed by atoms with E-state index in [9.17, 15) is 0 Å². The number of aryl methyl sites for hydroxylation is 2. The first-order chi connectivity index (χ1) is 11.7. The van der Waals surface area contributed by atoms with E-state index in [0.29, 0.717) is 6.61 Å². The highest BCUT2D eigenvalue weighted by Gasteiger charge is 2.25. The molecule has 8 heteroatoms. The van der Waals surface area contributed by atoms with Gasteiger partial charge in [-0.1, -0.05) is 0 Å². The van der Waals surface area contributed by atoms with Gasteiger partial charge in [0.1, 0.15) is 6.10 Å². The molecule has 1 N–H and O–H groups in total. The Bertz CT molecular complexity index is 694. The van der Waals surface area contributed by atoms with Crippen molar-refractivity contribution >= 4 is 17.3 Å². The Morgan fingerprint density at radius 1 is 1.54 bits per heavy atom. The zero-order chi connectivity index (χ0) is 16.9. The van der Waals surface area contributed by atoms with Crippen LogP contribution in [0.4, 0.5) is 0 Å². The van der Waals surface area contributed by atoms with Crippen molar-refractivity contribution in [3.05, 3.63) is 34.0 Å². The van der Waals surface area contributed by atoms with E-state index < -0.39 is 0 Å². The Morgan fingerprint density at radius 3 is 3.08 bits per heavy atom. The number of aromatic nitrogens is 3. The number of rotatable bonds is 4. The minimum Gasteiger partial charge on any atom is -0.370 e. The van der Waals surface area contributed by atoms with Crippen molar-refractivity contribution in [3.63, 3.8) is 0 Å². The van der Waals surface area contributed by atoms with E-state index in [1.807, 2.05) is 33.4 Å². The Hall–Kier alpha value is -1.93. The van der Waals surface area contributed by atoms with Crippen LogP contribution >= 0.6 is 11.3 Å².